The molecule has 6 nitrogen and oxygen atoms in total. The molecule has 1 amide bonds. The Balaban J connectivity index is 1.90. The number of hydrogen-bond acceptors (Lipinski definition) is 4. The first-order valence-electron chi connectivity index (χ1n) is 5.66. The van der Waals surface area contributed by atoms with Gasteiger partial charge in [-0.15, -0.1) is 0 Å². The maximum absolute atomic E-state index is 11.9. The summed E-state index contributed by atoms with van der Waals surface area (Å²) >= 11 is 0. The van der Waals surface area contributed by atoms with Gasteiger partial charge in [0.25, 0.3) is 0 Å². The molecular formula is C10H17N5O. The summed E-state index contributed by atoms with van der Waals surface area (Å²) in [5.74, 6) is 0.694. The van der Waals surface area contributed by atoms with Gasteiger partial charge >= 0.3 is 0 Å². The van der Waals surface area contributed by atoms with Crippen molar-refractivity contribution in [2.24, 2.45) is 5.73 Å². The summed E-state index contributed by atoms with van der Waals surface area (Å²) in [7, 11) is 0. The molecule has 0 aliphatic carbocycles. The molecule has 0 aromatic carbocycles. The fraction of sp³-hybridized carbons (Fsp3) is 0.700. The van der Waals surface area contributed by atoms with Gasteiger partial charge in [-0.05, 0) is 19.3 Å². The van der Waals surface area contributed by atoms with Crippen LogP contribution in [0.4, 0.5) is 0 Å². The molecular weight excluding hydrogens is 206 g/mol. The number of nitrogens with two attached hydrogens (primary N) is 1. The standard InChI is InChI=1S/C10H17N5O/c11-6-9-12-8-15(13-9)7-10(16)14-4-2-1-3-5-14/h8H,1-7,11H2. The molecule has 0 spiro atoms. The zero-order chi connectivity index (χ0) is 11.4. The van der Waals surface area contributed by atoms with Crippen molar-refractivity contribution in [1.82, 2.24) is 19.7 Å². The minimum atomic E-state index is 0.119. The highest BCUT2D eigenvalue weighted by atomic mass is 16.2. The van der Waals surface area contributed by atoms with Crippen molar-refractivity contribution in [3.05, 3.63) is 12.2 Å². The van der Waals surface area contributed by atoms with Gasteiger partial charge in [-0.1, -0.05) is 0 Å². The number of rotatable bonds is 3. The van der Waals surface area contributed by atoms with E-state index in [0.29, 0.717) is 12.4 Å². The normalized spacial score (nSPS) is 16.4. The van der Waals surface area contributed by atoms with E-state index in [1.54, 1.807) is 11.0 Å². The molecule has 2 rings (SSSR count). The lowest BCUT2D eigenvalue weighted by Gasteiger charge is -2.26. The highest BCUT2D eigenvalue weighted by Crippen LogP contribution is 2.09. The summed E-state index contributed by atoms with van der Waals surface area (Å²) in [6.45, 7) is 2.33. The van der Waals surface area contributed by atoms with Crippen LogP contribution in [0.2, 0.25) is 0 Å². The van der Waals surface area contributed by atoms with E-state index < -0.39 is 0 Å². The number of aromatic nitrogens is 3. The summed E-state index contributed by atoms with van der Waals surface area (Å²) < 4.78 is 1.55. The van der Waals surface area contributed by atoms with Crippen molar-refractivity contribution in [3.63, 3.8) is 0 Å². The van der Waals surface area contributed by atoms with Gasteiger partial charge in [0.05, 0.1) is 6.54 Å². The molecule has 2 N–H and O–H groups in total. The Morgan fingerprint density at radius 1 is 1.38 bits per heavy atom. The Labute approximate surface area is 94.4 Å². The fourth-order valence-corrected chi connectivity index (χ4v) is 1.88. The molecule has 1 fully saturated rings. The zero-order valence-corrected chi connectivity index (χ0v) is 9.30. The van der Waals surface area contributed by atoms with Crippen LogP contribution in [0.1, 0.15) is 25.1 Å². The van der Waals surface area contributed by atoms with Crippen LogP contribution in [0.15, 0.2) is 6.33 Å². The van der Waals surface area contributed by atoms with Crippen molar-refractivity contribution >= 4 is 5.91 Å². The first-order valence-corrected chi connectivity index (χ1v) is 5.66. The van der Waals surface area contributed by atoms with Crippen LogP contribution in [-0.4, -0.2) is 38.7 Å². The van der Waals surface area contributed by atoms with Crippen molar-refractivity contribution in [1.29, 1.82) is 0 Å². The predicted molar refractivity (Wildman–Crippen MR) is 58.3 cm³/mol. The van der Waals surface area contributed by atoms with Crippen LogP contribution < -0.4 is 5.73 Å². The molecule has 0 saturated carbocycles. The van der Waals surface area contributed by atoms with Crippen LogP contribution >= 0.6 is 0 Å². The second kappa shape index (κ2) is 5.07. The number of likely N-dealkylation sites (tertiary alicyclic amines) is 1. The van der Waals surface area contributed by atoms with Gasteiger partial charge in [-0.3, -0.25) is 4.79 Å². The van der Waals surface area contributed by atoms with Gasteiger partial charge in [-0.25, -0.2) is 9.67 Å². The topological polar surface area (TPSA) is 77.0 Å². The maximum Gasteiger partial charge on any atom is 0.244 e. The van der Waals surface area contributed by atoms with E-state index in [4.69, 9.17) is 5.73 Å². The number of amides is 1. The SMILES string of the molecule is NCc1ncn(CC(=O)N2CCCCC2)n1. The van der Waals surface area contributed by atoms with Gasteiger partial charge < -0.3 is 10.6 Å². The van der Waals surface area contributed by atoms with E-state index in [9.17, 15) is 4.79 Å². The second-order valence-corrected chi connectivity index (χ2v) is 4.00. The van der Waals surface area contributed by atoms with Crippen molar-refractivity contribution in [3.8, 4) is 0 Å². The number of nitrogens with zero attached hydrogens (tertiary/aromatic N) is 4. The summed E-state index contributed by atoms with van der Waals surface area (Å²) in [5.41, 5.74) is 5.40. The molecule has 1 aromatic rings. The molecule has 0 radical (unpaired) electrons. The van der Waals surface area contributed by atoms with E-state index >= 15 is 0 Å². The van der Waals surface area contributed by atoms with E-state index in [1.807, 2.05) is 4.90 Å². The molecule has 6 heteroatoms. The van der Waals surface area contributed by atoms with Crippen molar-refractivity contribution in [2.45, 2.75) is 32.4 Å². The molecule has 88 valence electrons. The van der Waals surface area contributed by atoms with E-state index in [2.05, 4.69) is 10.1 Å². The molecule has 0 unspecified atom stereocenters. The molecule has 2 heterocycles. The first kappa shape index (κ1) is 11.1. The van der Waals surface area contributed by atoms with Crippen LogP contribution in [-0.2, 0) is 17.9 Å². The lowest BCUT2D eigenvalue weighted by atomic mass is 10.1. The third kappa shape index (κ3) is 2.57. The largest absolute Gasteiger partial charge is 0.341 e. The Morgan fingerprint density at radius 3 is 2.75 bits per heavy atom. The molecule has 16 heavy (non-hydrogen) atoms. The summed E-state index contributed by atoms with van der Waals surface area (Å²) in [4.78, 5) is 17.8. The lowest BCUT2D eigenvalue weighted by molar-refractivity contribution is -0.132. The number of hydrogen-bond donors (Lipinski definition) is 1. The smallest absolute Gasteiger partial charge is 0.244 e. The molecule has 0 atom stereocenters. The van der Waals surface area contributed by atoms with Crippen molar-refractivity contribution < 1.29 is 4.79 Å². The van der Waals surface area contributed by atoms with Crippen LogP contribution in [0.25, 0.3) is 0 Å². The molecule has 1 aromatic heterocycles. The van der Waals surface area contributed by atoms with Gasteiger partial charge in [0.15, 0.2) is 5.82 Å². The average molecular weight is 223 g/mol. The monoisotopic (exact) mass is 223 g/mol. The number of piperidine rings is 1. The third-order valence-electron chi connectivity index (χ3n) is 2.77. The minimum Gasteiger partial charge on any atom is -0.341 e. The average Bonchev–Trinajstić information content (AvgIpc) is 2.78. The van der Waals surface area contributed by atoms with E-state index in [-0.39, 0.29) is 12.5 Å². The number of carbonyl (C=O) groups excluding carboxylic acids is 1. The van der Waals surface area contributed by atoms with Crippen LogP contribution in [0.5, 0.6) is 0 Å². The lowest BCUT2D eigenvalue weighted by Crippen LogP contribution is -2.37. The number of carbonyl (C=O) groups is 1. The van der Waals surface area contributed by atoms with Gasteiger partial charge in [0.2, 0.25) is 5.91 Å². The second-order valence-electron chi connectivity index (χ2n) is 4.00. The third-order valence-corrected chi connectivity index (χ3v) is 2.77. The zero-order valence-electron chi connectivity index (χ0n) is 9.30. The van der Waals surface area contributed by atoms with E-state index in [0.717, 1.165) is 25.9 Å². The maximum atomic E-state index is 11.9. The molecule has 0 bridgehead atoms. The Hall–Kier alpha value is -1.43. The summed E-state index contributed by atoms with van der Waals surface area (Å²) in [6.07, 6.45) is 5.00. The highest BCUT2D eigenvalue weighted by Gasteiger charge is 2.16. The summed E-state index contributed by atoms with van der Waals surface area (Å²) in [6, 6.07) is 0. The Morgan fingerprint density at radius 2 is 2.12 bits per heavy atom. The predicted octanol–water partition coefficient (Wildman–Crippen LogP) is -0.251. The molecule has 1 aliphatic heterocycles. The van der Waals surface area contributed by atoms with Gasteiger partial charge in [0, 0.05) is 13.1 Å². The molecule has 1 saturated heterocycles. The first-order chi connectivity index (χ1) is 7.79. The highest BCUT2D eigenvalue weighted by molar-refractivity contribution is 5.75. The van der Waals surface area contributed by atoms with Gasteiger partial charge in [0.1, 0.15) is 12.9 Å². The van der Waals surface area contributed by atoms with Crippen molar-refractivity contribution in [2.75, 3.05) is 13.1 Å². The fourth-order valence-electron chi connectivity index (χ4n) is 1.88. The summed E-state index contributed by atoms with van der Waals surface area (Å²) in [5, 5.41) is 4.10. The minimum absolute atomic E-state index is 0.119. The quantitative estimate of drug-likeness (QED) is 0.766. The van der Waals surface area contributed by atoms with Crippen LogP contribution in [0, 0.1) is 0 Å². The molecule has 1 aliphatic rings. The Bertz CT molecular complexity index is 356. The van der Waals surface area contributed by atoms with Crippen LogP contribution in [0.3, 0.4) is 0 Å². The van der Waals surface area contributed by atoms with E-state index in [1.165, 1.54) is 6.42 Å². The Kier molecular flexibility index (Phi) is 3.51. The van der Waals surface area contributed by atoms with Gasteiger partial charge in [-0.2, -0.15) is 5.10 Å².